The molecule has 2 aromatic carbocycles. The minimum absolute atomic E-state index is 0.177. The summed E-state index contributed by atoms with van der Waals surface area (Å²) in [6.07, 6.45) is 0.524. The summed E-state index contributed by atoms with van der Waals surface area (Å²) in [5, 5.41) is 13.7. The molecule has 0 saturated heterocycles. The van der Waals surface area contributed by atoms with E-state index in [0.29, 0.717) is 22.5 Å². The van der Waals surface area contributed by atoms with Crippen molar-refractivity contribution in [3.8, 4) is 17.0 Å². The molecule has 0 unspecified atom stereocenters. The lowest BCUT2D eigenvalue weighted by Crippen LogP contribution is -2.23. The Morgan fingerprint density at radius 1 is 1.19 bits per heavy atom. The van der Waals surface area contributed by atoms with Gasteiger partial charge in [0.05, 0.1) is 18.1 Å². The second-order valence-corrected chi connectivity index (χ2v) is 9.11. The average Bonchev–Trinajstić information content (AvgIpc) is 3.42. The van der Waals surface area contributed by atoms with E-state index in [-0.39, 0.29) is 5.91 Å². The molecule has 0 aliphatic heterocycles. The summed E-state index contributed by atoms with van der Waals surface area (Å²) in [5.41, 5.74) is 2.87. The number of thiazole rings is 1. The fourth-order valence-corrected chi connectivity index (χ4v) is 4.44. The molecule has 2 aromatic heterocycles. The summed E-state index contributed by atoms with van der Waals surface area (Å²) >= 11 is 2.64. The van der Waals surface area contributed by atoms with Crippen molar-refractivity contribution in [3.05, 3.63) is 71.4 Å². The van der Waals surface area contributed by atoms with Gasteiger partial charge in [0, 0.05) is 17.4 Å². The lowest BCUT2D eigenvalue weighted by atomic mass is 10.1. The van der Waals surface area contributed by atoms with Crippen LogP contribution in [0.1, 0.15) is 18.3 Å². The number of methoxy groups -OCH3 is 1. The largest absolute Gasteiger partial charge is 0.497 e. The number of carbonyl (C=O) groups is 1. The van der Waals surface area contributed by atoms with Crippen LogP contribution in [0.4, 0.5) is 5.13 Å². The van der Waals surface area contributed by atoms with Crippen molar-refractivity contribution in [2.45, 2.75) is 23.8 Å². The van der Waals surface area contributed by atoms with Crippen molar-refractivity contribution >= 4 is 34.1 Å². The van der Waals surface area contributed by atoms with Gasteiger partial charge < -0.3 is 15.9 Å². The Bertz CT molecular complexity index is 1190. The van der Waals surface area contributed by atoms with E-state index in [4.69, 9.17) is 10.6 Å². The summed E-state index contributed by atoms with van der Waals surface area (Å²) in [4.78, 5) is 17.2. The number of hydrogen-bond acceptors (Lipinski definition) is 8. The Labute approximate surface area is 193 Å². The first-order valence-electron chi connectivity index (χ1n) is 9.84. The second kappa shape index (κ2) is 9.84. The third-order valence-corrected chi connectivity index (χ3v) is 6.53. The zero-order chi connectivity index (χ0) is 22.5. The Balaban J connectivity index is 1.37. The first kappa shape index (κ1) is 21.8. The lowest BCUT2D eigenvalue weighted by Gasteiger charge is -2.10. The van der Waals surface area contributed by atoms with E-state index in [2.05, 4.69) is 20.5 Å². The maximum Gasteiger partial charge on any atom is 0.239 e. The van der Waals surface area contributed by atoms with Gasteiger partial charge in [-0.25, -0.2) is 9.66 Å². The standard InChI is InChI=1S/C22H22N6O2S2/c1-14(20(29)25-21-24-18(13-31-21)16-6-4-3-5-7-16)32-22-27-26-19(28(22)23)12-15-8-10-17(30-2)11-9-15/h3-11,13-14H,12,23H2,1-2H3,(H,24,25,29)/t14-/m0/s1. The van der Waals surface area contributed by atoms with Gasteiger partial charge in [-0.05, 0) is 24.6 Å². The Hall–Kier alpha value is -3.37. The molecule has 164 valence electrons. The lowest BCUT2D eigenvalue weighted by molar-refractivity contribution is -0.115. The Morgan fingerprint density at radius 2 is 1.94 bits per heavy atom. The predicted octanol–water partition coefficient (Wildman–Crippen LogP) is 3.83. The number of ether oxygens (including phenoxy) is 1. The summed E-state index contributed by atoms with van der Waals surface area (Å²) in [6.45, 7) is 1.80. The third kappa shape index (κ3) is 5.09. The molecule has 0 bridgehead atoms. The van der Waals surface area contributed by atoms with E-state index in [1.54, 1.807) is 14.0 Å². The minimum atomic E-state index is -0.431. The van der Waals surface area contributed by atoms with Crippen LogP contribution in [0, 0.1) is 0 Å². The van der Waals surface area contributed by atoms with E-state index in [1.165, 1.54) is 27.8 Å². The number of aromatic nitrogens is 4. The number of rotatable bonds is 8. The molecule has 0 aliphatic rings. The number of thioether (sulfide) groups is 1. The minimum Gasteiger partial charge on any atom is -0.497 e. The summed E-state index contributed by atoms with van der Waals surface area (Å²) < 4.78 is 6.60. The zero-order valence-corrected chi connectivity index (χ0v) is 19.2. The van der Waals surface area contributed by atoms with Crippen LogP contribution in [0.25, 0.3) is 11.3 Å². The van der Waals surface area contributed by atoms with Crippen molar-refractivity contribution in [1.29, 1.82) is 0 Å². The Kier molecular flexibility index (Phi) is 6.72. The number of amides is 1. The van der Waals surface area contributed by atoms with Gasteiger partial charge in [0.25, 0.3) is 0 Å². The van der Waals surface area contributed by atoms with Crippen LogP contribution in [0.15, 0.2) is 65.1 Å². The smallest absolute Gasteiger partial charge is 0.239 e. The highest BCUT2D eigenvalue weighted by atomic mass is 32.2. The van der Waals surface area contributed by atoms with Gasteiger partial charge in [-0.1, -0.05) is 54.2 Å². The maximum atomic E-state index is 12.7. The molecule has 4 aromatic rings. The highest BCUT2D eigenvalue weighted by Crippen LogP contribution is 2.27. The molecule has 8 nitrogen and oxygen atoms in total. The van der Waals surface area contributed by atoms with Crippen LogP contribution in [-0.4, -0.2) is 38.1 Å². The molecule has 0 aliphatic carbocycles. The van der Waals surface area contributed by atoms with Crippen LogP contribution < -0.4 is 15.9 Å². The van der Waals surface area contributed by atoms with Crippen molar-refractivity contribution in [1.82, 2.24) is 19.9 Å². The first-order valence-corrected chi connectivity index (χ1v) is 11.6. The van der Waals surface area contributed by atoms with E-state index in [1.807, 2.05) is 60.0 Å². The number of nitrogens with zero attached hydrogens (tertiary/aromatic N) is 4. The fraction of sp³-hybridized carbons (Fsp3) is 0.182. The van der Waals surface area contributed by atoms with Crippen LogP contribution >= 0.6 is 23.1 Å². The Morgan fingerprint density at radius 3 is 2.66 bits per heavy atom. The van der Waals surface area contributed by atoms with Crippen LogP contribution in [-0.2, 0) is 11.2 Å². The fourth-order valence-electron chi connectivity index (χ4n) is 2.93. The third-order valence-electron chi connectivity index (χ3n) is 4.71. The maximum absolute atomic E-state index is 12.7. The van der Waals surface area contributed by atoms with E-state index >= 15 is 0 Å². The normalized spacial score (nSPS) is 11.8. The zero-order valence-electron chi connectivity index (χ0n) is 17.6. The van der Waals surface area contributed by atoms with Crippen molar-refractivity contribution in [2.24, 2.45) is 0 Å². The number of nitrogens with two attached hydrogens (primary N) is 1. The van der Waals surface area contributed by atoms with Crippen LogP contribution in [0.5, 0.6) is 5.75 Å². The molecule has 0 saturated carbocycles. The monoisotopic (exact) mass is 466 g/mol. The number of hydrogen-bond donors (Lipinski definition) is 2. The number of nitrogen functional groups attached to an aromatic ring is 1. The number of carbonyl (C=O) groups excluding carboxylic acids is 1. The molecule has 2 heterocycles. The highest BCUT2D eigenvalue weighted by molar-refractivity contribution is 8.00. The first-order chi connectivity index (χ1) is 15.5. The molecular weight excluding hydrogens is 444 g/mol. The number of anilines is 1. The molecule has 4 rings (SSSR count). The van der Waals surface area contributed by atoms with Crippen LogP contribution in [0.3, 0.4) is 0 Å². The SMILES string of the molecule is COc1ccc(Cc2nnc(S[C@@H](C)C(=O)Nc3nc(-c4ccccc4)cs3)n2N)cc1. The second-order valence-electron chi connectivity index (χ2n) is 6.95. The summed E-state index contributed by atoms with van der Waals surface area (Å²) in [5.74, 6) is 7.40. The van der Waals surface area contributed by atoms with Gasteiger partial charge in [-0.3, -0.25) is 4.79 Å². The average molecular weight is 467 g/mol. The van der Waals surface area contributed by atoms with Gasteiger partial charge in [0.2, 0.25) is 11.1 Å². The molecule has 0 spiro atoms. The molecule has 0 fully saturated rings. The van der Waals surface area contributed by atoms with Gasteiger partial charge in [-0.2, -0.15) is 0 Å². The van der Waals surface area contributed by atoms with Crippen LogP contribution in [0.2, 0.25) is 0 Å². The molecule has 32 heavy (non-hydrogen) atoms. The van der Waals surface area contributed by atoms with E-state index in [0.717, 1.165) is 22.6 Å². The topological polar surface area (TPSA) is 108 Å². The predicted molar refractivity (Wildman–Crippen MR) is 127 cm³/mol. The quantitative estimate of drug-likeness (QED) is 0.300. The summed E-state index contributed by atoms with van der Waals surface area (Å²) in [7, 11) is 1.63. The molecule has 1 atom stereocenters. The van der Waals surface area contributed by atoms with E-state index in [9.17, 15) is 4.79 Å². The highest BCUT2D eigenvalue weighted by Gasteiger charge is 2.20. The summed E-state index contributed by atoms with van der Waals surface area (Å²) in [6, 6.07) is 17.5. The van der Waals surface area contributed by atoms with Crippen molar-refractivity contribution in [3.63, 3.8) is 0 Å². The van der Waals surface area contributed by atoms with Gasteiger partial charge in [0.15, 0.2) is 11.0 Å². The van der Waals surface area contributed by atoms with Gasteiger partial charge in [0.1, 0.15) is 5.75 Å². The van der Waals surface area contributed by atoms with Crippen molar-refractivity contribution < 1.29 is 9.53 Å². The molecule has 1 amide bonds. The van der Waals surface area contributed by atoms with E-state index < -0.39 is 5.25 Å². The number of benzene rings is 2. The van der Waals surface area contributed by atoms with Gasteiger partial charge in [-0.15, -0.1) is 21.5 Å². The van der Waals surface area contributed by atoms with Gasteiger partial charge >= 0.3 is 0 Å². The molecular formula is C22H22N6O2S2. The molecule has 0 radical (unpaired) electrons. The van der Waals surface area contributed by atoms with Crippen molar-refractivity contribution in [2.75, 3.05) is 18.3 Å². The molecule has 10 heteroatoms. The molecule has 3 N–H and O–H groups in total. The number of nitrogens with one attached hydrogen (secondary N) is 1.